The van der Waals surface area contributed by atoms with E-state index < -0.39 is 39.9 Å². The first-order valence-electron chi connectivity index (χ1n) is 10.1. The summed E-state index contributed by atoms with van der Waals surface area (Å²) in [6.07, 6.45) is 0.325. The van der Waals surface area contributed by atoms with Gasteiger partial charge in [-0.15, -0.1) is 4.31 Å². The van der Waals surface area contributed by atoms with Gasteiger partial charge in [0.25, 0.3) is 5.92 Å². The molecule has 3 aliphatic rings. The molecule has 2 fully saturated rings. The van der Waals surface area contributed by atoms with E-state index in [4.69, 9.17) is 27.3 Å². The molecule has 2 aliphatic heterocycles. The molecule has 0 N–H and O–H groups in total. The molecular weight excluding hydrogens is 458 g/mol. The fourth-order valence-corrected chi connectivity index (χ4v) is 6.38. The number of halogens is 4. The molecule has 5 rings (SSSR count). The van der Waals surface area contributed by atoms with Gasteiger partial charge in [-0.25, -0.2) is 13.4 Å². The van der Waals surface area contributed by atoms with E-state index in [9.17, 15) is 21.6 Å². The third-order valence-corrected chi connectivity index (χ3v) is 8.46. The van der Waals surface area contributed by atoms with Crippen molar-refractivity contribution in [2.45, 2.75) is 47.5 Å². The Bertz CT molecular complexity index is 1260. The third-order valence-electron chi connectivity index (χ3n) is 6.43. The summed E-state index contributed by atoms with van der Waals surface area (Å²) in [5.41, 5.74) is -2.28. The first kappa shape index (κ1) is 21.9. The number of benzene rings is 2. The van der Waals surface area contributed by atoms with Crippen molar-refractivity contribution >= 4 is 48.8 Å². The summed E-state index contributed by atoms with van der Waals surface area (Å²) in [5, 5.41) is 0.290. The van der Waals surface area contributed by atoms with Crippen LogP contribution in [0.15, 0.2) is 47.4 Å². The van der Waals surface area contributed by atoms with E-state index in [1.54, 1.807) is 18.2 Å². The van der Waals surface area contributed by atoms with Crippen LogP contribution in [0.2, 0.25) is 11.3 Å². The molecule has 162 valence electrons. The van der Waals surface area contributed by atoms with E-state index in [-0.39, 0.29) is 22.7 Å². The highest BCUT2D eigenvalue weighted by Crippen LogP contribution is 2.54. The maximum atomic E-state index is 14.4. The number of fused-ring (bicyclic) bond motifs is 1. The molecule has 4 nitrogen and oxygen atoms in total. The average Bonchev–Trinajstić information content (AvgIpc) is 3.42. The molecule has 4 radical (unpaired) electrons. The summed E-state index contributed by atoms with van der Waals surface area (Å²) in [5.74, 6) is -2.77. The molecular formula is C21H17B2ClF3N2O2S+. The lowest BCUT2D eigenvalue weighted by atomic mass is 9.69. The number of sulfonamides is 1. The van der Waals surface area contributed by atoms with Crippen molar-refractivity contribution in [3.63, 3.8) is 0 Å². The van der Waals surface area contributed by atoms with Gasteiger partial charge in [0.05, 0.1) is 24.9 Å². The zero-order valence-electron chi connectivity index (χ0n) is 16.9. The van der Waals surface area contributed by atoms with Crippen molar-refractivity contribution < 1.29 is 26.2 Å². The van der Waals surface area contributed by atoms with Gasteiger partial charge in [0.15, 0.2) is 5.69 Å². The molecule has 1 unspecified atom stereocenters. The van der Waals surface area contributed by atoms with Crippen LogP contribution in [0.25, 0.3) is 0 Å². The zero-order valence-corrected chi connectivity index (χ0v) is 18.4. The lowest BCUT2D eigenvalue weighted by Gasteiger charge is -2.32. The van der Waals surface area contributed by atoms with Crippen molar-refractivity contribution in [1.82, 2.24) is 0 Å². The Morgan fingerprint density at radius 3 is 2.41 bits per heavy atom. The van der Waals surface area contributed by atoms with Gasteiger partial charge in [-0.3, -0.25) is 4.39 Å². The maximum absolute atomic E-state index is 14.4. The van der Waals surface area contributed by atoms with Crippen LogP contribution in [-0.4, -0.2) is 52.5 Å². The van der Waals surface area contributed by atoms with Gasteiger partial charge in [0, 0.05) is 0 Å². The molecule has 32 heavy (non-hydrogen) atoms. The molecule has 0 aromatic heterocycles. The largest absolute Gasteiger partial charge is 0.335 e. The van der Waals surface area contributed by atoms with Crippen molar-refractivity contribution in [3.05, 3.63) is 58.6 Å². The zero-order chi connectivity index (χ0) is 23.1. The molecule has 0 amide bonds. The minimum atomic E-state index is -4.19. The number of anilines is 1. The van der Waals surface area contributed by atoms with Gasteiger partial charge in [-0.2, -0.15) is 8.42 Å². The highest BCUT2D eigenvalue weighted by atomic mass is 35.5. The molecule has 2 aromatic carbocycles. The smallest absolute Gasteiger partial charge is 0.251 e. The summed E-state index contributed by atoms with van der Waals surface area (Å²) in [6, 6.07) is 9.74. The Kier molecular flexibility index (Phi) is 4.65. The Labute approximate surface area is 191 Å². The van der Waals surface area contributed by atoms with Gasteiger partial charge < -0.3 is 0 Å². The number of nitrogens with zero attached hydrogens (tertiary/aromatic N) is 2. The van der Waals surface area contributed by atoms with Crippen LogP contribution in [0.1, 0.15) is 30.4 Å². The molecule has 1 atom stereocenters. The van der Waals surface area contributed by atoms with Gasteiger partial charge in [-0.05, 0) is 42.7 Å². The highest BCUT2D eigenvalue weighted by molar-refractivity contribution is 7.93. The van der Waals surface area contributed by atoms with E-state index in [2.05, 4.69) is 0 Å². The molecule has 1 spiro atoms. The van der Waals surface area contributed by atoms with Crippen molar-refractivity contribution in [2.75, 3.05) is 10.8 Å². The lowest BCUT2D eigenvalue weighted by molar-refractivity contribution is -0.565. The van der Waals surface area contributed by atoms with Gasteiger partial charge >= 0.3 is 15.9 Å². The van der Waals surface area contributed by atoms with E-state index >= 15 is 0 Å². The summed E-state index contributed by atoms with van der Waals surface area (Å²) in [7, 11) is 6.64. The van der Waals surface area contributed by atoms with Crippen LogP contribution in [0.5, 0.6) is 0 Å². The fraction of sp³-hybridized carbons (Fsp3) is 0.381. The molecule has 2 heterocycles. The summed E-state index contributed by atoms with van der Waals surface area (Å²) >= 11 is 6.35. The molecule has 0 bridgehead atoms. The summed E-state index contributed by atoms with van der Waals surface area (Å²) < 4.78 is 72.7. The second kappa shape index (κ2) is 6.79. The third kappa shape index (κ3) is 3.13. The van der Waals surface area contributed by atoms with Crippen LogP contribution < -0.4 is 4.31 Å². The SMILES string of the molecule is [B]CC([B])(F)c1ccc(S(=O)(=O)N2C(=[N+]3CC(F)(F)CC34CC4)c3c(Cl)cccc32)cc1. The summed E-state index contributed by atoms with van der Waals surface area (Å²) in [6.45, 7) is -0.577. The van der Waals surface area contributed by atoms with Crippen molar-refractivity contribution in [2.24, 2.45) is 0 Å². The normalized spacial score (nSPS) is 24.7. The molecule has 1 aliphatic carbocycles. The second-order valence-electron chi connectivity index (χ2n) is 8.66. The Balaban J connectivity index is 1.64. The minimum absolute atomic E-state index is 0.0336. The summed E-state index contributed by atoms with van der Waals surface area (Å²) in [4.78, 5) is -0.131. The number of alkyl halides is 3. The van der Waals surface area contributed by atoms with Gasteiger partial charge in [0.1, 0.15) is 30.4 Å². The van der Waals surface area contributed by atoms with Crippen LogP contribution >= 0.6 is 11.6 Å². The average molecular weight is 476 g/mol. The van der Waals surface area contributed by atoms with E-state index in [1.807, 2.05) is 0 Å². The van der Waals surface area contributed by atoms with Gasteiger partial charge in [0.2, 0.25) is 0 Å². The standard InChI is InChI=1S/C21H17B2ClF3N2O2S/c22-11-21(23,27)13-4-6-14(7-5-13)32(30,31)29-16-3-1-2-15(24)17(16)18(29)28-12-20(25,26)10-19(28)8-9-19/h1-7H,8-12H2/q+1. The molecule has 1 saturated carbocycles. The highest BCUT2D eigenvalue weighted by Gasteiger charge is 2.67. The number of hydrogen-bond acceptors (Lipinski definition) is 2. The molecule has 11 heteroatoms. The van der Waals surface area contributed by atoms with E-state index in [1.165, 1.54) is 28.8 Å². The van der Waals surface area contributed by atoms with Crippen molar-refractivity contribution in [1.29, 1.82) is 0 Å². The van der Waals surface area contributed by atoms with Gasteiger partial charge in [-0.1, -0.05) is 36.1 Å². The predicted molar refractivity (Wildman–Crippen MR) is 117 cm³/mol. The lowest BCUT2D eigenvalue weighted by Crippen LogP contribution is -2.52. The van der Waals surface area contributed by atoms with Crippen LogP contribution in [-0.2, 0) is 15.6 Å². The number of amidine groups is 1. The van der Waals surface area contributed by atoms with Crippen LogP contribution in [0.4, 0.5) is 18.9 Å². The predicted octanol–water partition coefficient (Wildman–Crippen LogP) is 3.76. The van der Waals surface area contributed by atoms with E-state index in [0.29, 0.717) is 29.1 Å². The number of rotatable bonds is 4. The Morgan fingerprint density at radius 2 is 1.81 bits per heavy atom. The Morgan fingerprint density at radius 1 is 1.16 bits per heavy atom. The molecule has 2 aromatic rings. The second-order valence-corrected chi connectivity index (χ2v) is 10.9. The van der Waals surface area contributed by atoms with Crippen LogP contribution in [0, 0.1) is 0 Å². The quantitative estimate of drug-likeness (QED) is 0.499. The maximum Gasteiger partial charge on any atom is 0.335 e. The molecule has 1 saturated heterocycles. The van der Waals surface area contributed by atoms with Crippen LogP contribution in [0.3, 0.4) is 0 Å². The first-order valence-corrected chi connectivity index (χ1v) is 11.9. The Hall–Kier alpha value is -1.93. The number of hydrogen-bond donors (Lipinski definition) is 0. The first-order chi connectivity index (χ1) is 14.9. The topological polar surface area (TPSA) is 40.4 Å². The van der Waals surface area contributed by atoms with Crippen molar-refractivity contribution in [3.8, 4) is 0 Å². The minimum Gasteiger partial charge on any atom is -0.251 e. The van der Waals surface area contributed by atoms with E-state index in [0.717, 1.165) is 4.31 Å². The fourth-order valence-electron chi connectivity index (χ4n) is 4.60. The monoisotopic (exact) mass is 475 g/mol.